The van der Waals surface area contributed by atoms with Crippen LogP contribution in [0.4, 0.5) is 17.6 Å². The van der Waals surface area contributed by atoms with E-state index >= 15 is 0 Å². The van der Waals surface area contributed by atoms with Gasteiger partial charge in [0.05, 0.1) is 12.6 Å². The van der Waals surface area contributed by atoms with E-state index in [4.69, 9.17) is 0 Å². The van der Waals surface area contributed by atoms with Gasteiger partial charge in [-0.2, -0.15) is 17.6 Å². The Bertz CT molecular complexity index is 464. The number of rotatable bonds is 6. The van der Waals surface area contributed by atoms with Crippen molar-refractivity contribution in [1.29, 1.82) is 0 Å². The van der Waals surface area contributed by atoms with Gasteiger partial charge in [-0.25, -0.2) is 0 Å². The lowest BCUT2D eigenvalue weighted by atomic mass is 10.1. The van der Waals surface area contributed by atoms with Crippen molar-refractivity contribution in [1.82, 2.24) is 10.2 Å². The lowest BCUT2D eigenvalue weighted by Crippen LogP contribution is -2.46. The number of benzene rings is 1. The number of nitrogens with zero attached hydrogens (tertiary/aromatic N) is 1. The number of aliphatic hydroxyl groups is 1. The summed E-state index contributed by atoms with van der Waals surface area (Å²) in [6.07, 6.45) is -8.41. The third-order valence-corrected chi connectivity index (χ3v) is 3.54. The van der Waals surface area contributed by atoms with E-state index in [-0.39, 0.29) is 18.4 Å². The molecule has 1 heterocycles. The van der Waals surface area contributed by atoms with Gasteiger partial charge < -0.3 is 15.2 Å². The number of aliphatic hydroxyl groups excluding tert-OH is 1. The van der Waals surface area contributed by atoms with Crippen molar-refractivity contribution in [2.75, 3.05) is 32.8 Å². The molecule has 1 aromatic carbocycles. The molecule has 4 nitrogen and oxygen atoms in total. The molecule has 0 amide bonds. The highest BCUT2D eigenvalue weighted by molar-refractivity contribution is 5.29. The molecule has 0 spiro atoms. The maximum absolute atomic E-state index is 12.8. The summed E-state index contributed by atoms with van der Waals surface area (Å²) in [7, 11) is 0. The largest absolute Gasteiger partial charge is 0.461 e. The number of halogens is 4. The van der Waals surface area contributed by atoms with Crippen molar-refractivity contribution >= 4 is 0 Å². The van der Waals surface area contributed by atoms with E-state index in [1.165, 1.54) is 24.3 Å². The fourth-order valence-electron chi connectivity index (χ4n) is 2.39. The molecular formula is C14H18F4N2O2. The first-order chi connectivity index (χ1) is 10.4. The van der Waals surface area contributed by atoms with E-state index < -0.39 is 12.5 Å². The van der Waals surface area contributed by atoms with E-state index in [1.54, 1.807) is 0 Å². The maximum atomic E-state index is 12.8. The highest BCUT2D eigenvalue weighted by Crippen LogP contribution is 2.29. The first-order valence-corrected chi connectivity index (χ1v) is 6.94. The maximum Gasteiger partial charge on any atom is 0.461 e. The Hall–Kier alpha value is -1.38. The zero-order chi connectivity index (χ0) is 16.2. The minimum absolute atomic E-state index is 0.118. The van der Waals surface area contributed by atoms with E-state index in [0.29, 0.717) is 0 Å². The van der Waals surface area contributed by atoms with Crippen molar-refractivity contribution in [3.05, 3.63) is 29.8 Å². The predicted molar refractivity (Wildman–Crippen MR) is 72.3 cm³/mol. The summed E-state index contributed by atoms with van der Waals surface area (Å²) in [5, 5.41) is 12.7. The van der Waals surface area contributed by atoms with Crippen molar-refractivity contribution in [3.8, 4) is 5.75 Å². The van der Waals surface area contributed by atoms with Crippen LogP contribution in [0.5, 0.6) is 5.75 Å². The van der Waals surface area contributed by atoms with Gasteiger partial charge in [0.25, 0.3) is 0 Å². The van der Waals surface area contributed by atoms with Gasteiger partial charge in [-0.05, 0) is 17.7 Å². The van der Waals surface area contributed by atoms with Gasteiger partial charge in [-0.1, -0.05) is 12.1 Å². The van der Waals surface area contributed by atoms with Crippen LogP contribution in [-0.4, -0.2) is 55.3 Å². The summed E-state index contributed by atoms with van der Waals surface area (Å²) in [5.41, 5.74) is 0.720. The molecule has 124 valence electrons. The molecule has 1 aliphatic heterocycles. The number of alkyl halides is 4. The Kier molecular flexibility index (Phi) is 5.60. The number of piperazine rings is 1. The molecule has 0 bridgehead atoms. The Balaban J connectivity index is 2.06. The van der Waals surface area contributed by atoms with Crippen LogP contribution in [0.2, 0.25) is 0 Å². The highest BCUT2D eigenvalue weighted by Gasteiger charge is 2.43. The van der Waals surface area contributed by atoms with Crippen molar-refractivity contribution in [2.45, 2.75) is 18.6 Å². The second-order valence-corrected chi connectivity index (χ2v) is 5.02. The highest BCUT2D eigenvalue weighted by atomic mass is 19.3. The number of ether oxygens (including phenoxy) is 1. The Morgan fingerprint density at radius 1 is 1.18 bits per heavy atom. The smallest absolute Gasteiger partial charge is 0.428 e. The normalized spacial score (nSPS) is 18.5. The summed E-state index contributed by atoms with van der Waals surface area (Å²) < 4.78 is 53.8. The summed E-state index contributed by atoms with van der Waals surface area (Å²) >= 11 is 0. The van der Waals surface area contributed by atoms with E-state index in [1.807, 2.05) is 0 Å². The molecule has 1 saturated heterocycles. The molecule has 1 atom stereocenters. The molecule has 0 unspecified atom stereocenters. The molecule has 2 rings (SSSR count). The van der Waals surface area contributed by atoms with Gasteiger partial charge in [-0.3, -0.25) is 4.90 Å². The number of nitrogens with one attached hydrogen (secondary N) is 1. The monoisotopic (exact) mass is 322 g/mol. The Morgan fingerprint density at radius 3 is 2.27 bits per heavy atom. The quantitative estimate of drug-likeness (QED) is 0.785. The van der Waals surface area contributed by atoms with Gasteiger partial charge in [0.15, 0.2) is 0 Å². The SMILES string of the molecule is OC[C@H](c1ccc(OC(F)(F)C(F)F)cc1)N1CCNCC1. The van der Waals surface area contributed by atoms with Crippen LogP contribution in [0, 0.1) is 0 Å². The van der Waals surface area contributed by atoms with Gasteiger partial charge in [0, 0.05) is 26.2 Å². The van der Waals surface area contributed by atoms with Crippen LogP contribution >= 0.6 is 0 Å². The van der Waals surface area contributed by atoms with Crippen LogP contribution in [0.15, 0.2) is 24.3 Å². The van der Waals surface area contributed by atoms with Crippen molar-refractivity contribution < 1.29 is 27.4 Å². The van der Waals surface area contributed by atoms with Crippen LogP contribution in [0.1, 0.15) is 11.6 Å². The molecule has 22 heavy (non-hydrogen) atoms. The summed E-state index contributed by atoms with van der Waals surface area (Å²) in [4.78, 5) is 2.07. The zero-order valence-corrected chi connectivity index (χ0v) is 11.8. The van der Waals surface area contributed by atoms with E-state index in [0.717, 1.165) is 31.7 Å². The number of hydrogen-bond acceptors (Lipinski definition) is 4. The van der Waals surface area contributed by atoms with Crippen LogP contribution in [0.3, 0.4) is 0 Å². The van der Waals surface area contributed by atoms with Gasteiger partial charge in [-0.15, -0.1) is 0 Å². The van der Waals surface area contributed by atoms with E-state index in [2.05, 4.69) is 15.0 Å². The van der Waals surface area contributed by atoms with Gasteiger partial charge >= 0.3 is 12.5 Å². The lowest BCUT2D eigenvalue weighted by molar-refractivity contribution is -0.253. The van der Waals surface area contributed by atoms with Crippen LogP contribution < -0.4 is 10.1 Å². The zero-order valence-electron chi connectivity index (χ0n) is 11.8. The van der Waals surface area contributed by atoms with Gasteiger partial charge in [0.2, 0.25) is 0 Å². The Labute approximate surface area is 125 Å². The molecule has 2 N–H and O–H groups in total. The molecule has 1 aromatic rings. The second-order valence-electron chi connectivity index (χ2n) is 5.02. The van der Waals surface area contributed by atoms with Crippen molar-refractivity contribution in [2.24, 2.45) is 0 Å². The van der Waals surface area contributed by atoms with Crippen LogP contribution in [-0.2, 0) is 0 Å². The van der Waals surface area contributed by atoms with E-state index in [9.17, 15) is 22.7 Å². The molecule has 0 radical (unpaired) electrons. The van der Waals surface area contributed by atoms with Crippen LogP contribution in [0.25, 0.3) is 0 Å². The lowest BCUT2D eigenvalue weighted by Gasteiger charge is -2.34. The average Bonchev–Trinajstić information content (AvgIpc) is 2.50. The second kappa shape index (κ2) is 7.26. The minimum atomic E-state index is -4.52. The molecule has 8 heteroatoms. The topological polar surface area (TPSA) is 44.7 Å². The predicted octanol–water partition coefficient (Wildman–Crippen LogP) is 1.86. The minimum Gasteiger partial charge on any atom is -0.428 e. The Morgan fingerprint density at radius 2 is 1.77 bits per heavy atom. The molecule has 0 saturated carbocycles. The third-order valence-electron chi connectivity index (χ3n) is 3.54. The summed E-state index contributed by atoms with van der Waals surface area (Å²) in [6, 6.07) is 5.15. The molecule has 1 fully saturated rings. The first-order valence-electron chi connectivity index (χ1n) is 6.94. The fraction of sp³-hybridized carbons (Fsp3) is 0.571. The average molecular weight is 322 g/mol. The molecule has 0 aromatic heterocycles. The van der Waals surface area contributed by atoms with Gasteiger partial charge in [0.1, 0.15) is 5.75 Å². The van der Waals surface area contributed by atoms with Crippen molar-refractivity contribution in [3.63, 3.8) is 0 Å². The third kappa shape index (κ3) is 4.08. The summed E-state index contributed by atoms with van der Waals surface area (Å²) in [6.45, 7) is 3.00. The molecule has 0 aliphatic carbocycles. The number of hydrogen-bond donors (Lipinski definition) is 2. The standard InChI is InChI=1S/C14H18F4N2O2/c15-13(16)14(17,18)22-11-3-1-10(2-4-11)12(9-21)20-7-5-19-6-8-20/h1-4,12-13,19,21H,5-9H2/t12-/m1/s1. The first kappa shape index (κ1) is 17.0. The molecular weight excluding hydrogens is 304 g/mol. The fourth-order valence-corrected chi connectivity index (χ4v) is 2.39. The summed E-state index contributed by atoms with van der Waals surface area (Å²) in [5.74, 6) is -0.342. The molecule has 1 aliphatic rings.